The average molecular weight is 538 g/mol. The van der Waals surface area contributed by atoms with Crippen LogP contribution in [-0.2, 0) is 9.59 Å². The van der Waals surface area contributed by atoms with Crippen molar-refractivity contribution >= 4 is 40.4 Å². The minimum absolute atomic E-state index is 0.00863. The Morgan fingerprint density at radius 3 is 2.79 bits per heavy atom. The van der Waals surface area contributed by atoms with E-state index < -0.39 is 0 Å². The summed E-state index contributed by atoms with van der Waals surface area (Å²) < 4.78 is 1.97. The summed E-state index contributed by atoms with van der Waals surface area (Å²) in [6, 6.07) is 5.39. The molecule has 1 atom stereocenters. The largest absolute Gasteiger partial charge is 0.385 e. The highest BCUT2D eigenvalue weighted by atomic mass is 35.5. The maximum Gasteiger partial charge on any atom is 0.274 e. The van der Waals surface area contributed by atoms with Gasteiger partial charge in [-0.2, -0.15) is 0 Å². The summed E-state index contributed by atoms with van der Waals surface area (Å²) >= 11 is 6.69. The fourth-order valence-electron chi connectivity index (χ4n) is 5.56. The van der Waals surface area contributed by atoms with Crippen molar-refractivity contribution in [2.24, 2.45) is 5.84 Å². The molecule has 1 aromatic heterocycles. The summed E-state index contributed by atoms with van der Waals surface area (Å²) in [6.45, 7) is 6.64. The molecule has 2 fully saturated rings. The Balaban J connectivity index is 1.44. The van der Waals surface area contributed by atoms with Crippen LogP contribution in [0, 0.1) is 0 Å². The number of nitrogens with one attached hydrogen (secondary N) is 1. The Bertz CT molecular complexity index is 1290. The second-order valence-electron chi connectivity index (χ2n) is 10.3. The number of carbonyl (C=O) groups is 2. The van der Waals surface area contributed by atoms with Crippen LogP contribution >= 0.6 is 11.6 Å². The van der Waals surface area contributed by atoms with Crippen LogP contribution in [0.15, 0.2) is 53.8 Å². The number of allylic oxidation sites excluding steroid dienone is 1. The maximum atomic E-state index is 13.4. The van der Waals surface area contributed by atoms with E-state index in [9.17, 15) is 9.59 Å². The zero-order valence-electron chi connectivity index (χ0n) is 21.9. The van der Waals surface area contributed by atoms with E-state index in [0.717, 1.165) is 55.1 Å². The van der Waals surface area contributed by atoms with Gasteiger partial charge >= 0.3 is 0 Å². The molecule has 10 heteroatoms. The van der Waals surface area contributed by atoms with Crippen molar-refractivity contribution in [3.8, 4) is 0 Å². The molecule has 1 aromatic carbocycles. The van der Waals surface area contributed by atoms with Gasteiger partial charge in [0.05, 0.1) is 22.1 Å². The van der Waals surface area contributed by atoms with Gasteiger partial charge < -0.3 is 14.8 Å². The number of hydrazine groups is 1. The highest BCUT2D eigenvalue weighted by Gasteiger charge is 2.30. The van der Waals surface area contributed by atoms with Crippen molar-refractivity contribution in [2.75, 3.05) is 44.3 Å². The van der Waals surface area contributed by atoms with Crippen molar-refractivity contribution in [3.05, 3.63) is 58.8 Å². The van der Waals surface area contributed by atoms with E-state index in [1.54, 1.807) is 12.2 Å². The van der Waals surface area contributed by atoms with E-state index in [2.05, 4.69) is 10.2 Å². The van der Waals surface area contributed by atoms with Crippen LogP contribution in [0.4, 0.5) is 5.95 Å². The molecule has 9 nitrogen and oxygen atoms in total. The number of para-hydroxylation sites is 1. The number of imidazole rings is 1. The Morgan fingerprint density at radius 1 is 1.21 bits per heavy atom. The zero-order valence-corrected chi connectivity index (χ0v) is 22.7. The first-order valence-corrected chi connectivity index (χ1v) is 13.9. The fraction of sp³-hybridized carbons (Fsp3) is 0.464. The number of halogens is 1. The second kappa shape index (κ2) is 11.7. The van der Waals surface area contributed by atoms with E-state index in [1.165, 1.54) is 12.8 Å². The van der Waals surface area contributed by atoms with Gasteiger partial charge in [-0.1, -0.05) is 29.8 Å². The lowest BCUT2D eigenvalue weighted by atomic mass is 10.1. The van der Waals surface area contributed by atoms with Crippen LogP contribution in [0.2, 0.25) is 5.02 Å². The van der Waals surface area contributed by atoms with E-state index in [1.807, 2.05) is 46.7 Å². The fourth-order valence-corrected chi connectivity index (χ4v) is 5.82. The molecule has 3 aliphatic heterocycles. The minimum atomic E-state index is -0.343. The third-order valence-electron chi connectivity index (χ3n) is 7.54. The lowest BCUT2D eigenvalue weighted by molar-refractivity contribution is -0.126. The summed E-state index contributed by atoms with van der Waals surface area (Å²) in [4.78, 5) is 35.6. The van der Waals surface area contributed by atoms with Crippen molar-refractivity contribution < 1.29 is 9.59 Å². The molecule has 202 valence electrons. The number of rotatable bonds is 6. The van der Waals surface area contributed by atoms with Gasteiger partial charge in [0, 0.05) is 43.5 Å². The van der Waals surface area contributed by atoms with E-state index in [-0.39, 0.29) is 17.9 Å². The van der Waals surface area contributed by atoms with Crippen LogP contribution < -0.4 is 16.2 Å². The topological polar surface area (TPSA) is 99.7 Å². The molecular formula is C28H36ClN7O2. The van der Waals surface area contributed by atoms with Gasteiger partial charge in [-0.15, -0.1) is 0 Å². The highest BCUT2D eigenvalue weighted by Crippen LogP contribution is 2.35. The van der Waals surface area contributed by atoms with E-state index in [4.69, 9.17) is 22.4 Å². The number of carbonyl (C=O) groups excluding carboxylic acids is 2. The maximum absolute atomic E-state index is 13.4. The molecule has 0 aliphatic carbocycles. The summed E-state index contributed by atoms with van der Waals surface area (Å²) in [7, 11) is 0. The van der Waals surface area contributed by atoms with Crippen molar-refractivity contribution in [1.82, 2.24) is 24.7 Å². The first kappa shape index (κ1) is 26.5. The molecule has 4 heterocycles. The van der Waals surface area contributed by atoms with Gasteiger partial charge in [-0.3, -0.25) is 14.5 Å². The first-order valence-electron chi connectivity index (χ1n) is 13.5. The Hall–Kier alpha value is -3.14. The molecule has 3 N–H and O–H groups in total. The molecule has 2 amide bonds. The lowest BCUT2D eigenvalue weighted by Crippen LogP contribution is -2.42. The number of nitrogens with zero attached hydrogens (tertiary/aromatic N) is 5. The van der Waals surface area contributed by atoms with Crippen LogP contribution in [-0.4, -0.2) is 70.4 Å². The highest BCUT2D eigenvalue weighted by molar-refractivity contribution is 6.35. The van der Waals surface area contributed by atoms with Crippen molar-refractivity contribution in [1.29, 1.82) is 0 Å². The number of aromatic nitrogens is 2. The Kier molecular flexibility index (Phi) is 8.16. The van der Waals surface area contributed by atoms with E-state index >= 15 is 0 Å². The SMILES string of the molecule is CC1=CC(C(=O)N(N)c2nc3cccc(Cl)c3n2[C@@H]2CCCCN(C(=O)/C=C/CN3CCCC3)C2)=CCN1. The van der Waals surface area contributed by atoms with Crippen LogP contribution in [0.5, 0.6) is 0 Å². The number of anilines is 1. The molecule has 3 aliphatic rings. The Morgan fingerprint density at radius 2 is 2.00 bits per heavy atom. The number of likely N-dealkylation sites (tertiary alicyclic amines) is 2. The summed E-state index contributed by atoms with van der Waals surface area (Å²) in [5.41, 5.74) is 2.79. The first-order chi connectivity index (χ1) is 18.4. The molecule has 38 heavy (non-hydrogen) atoms. The van der Waals surface area contributed by atoms with Gasteiger partial charge in [0.25, 0.3) is 5.91 Å². The molecule has 2 saturated heterocycles. The molecule has 0 unspecified atom stereocenters. The van der Waals surface area contributed by atoms with Gasteiger partial charge in [0.15, 0.2) is 0 Å². The second-order valence-corrected chi connectivity index (χ2v) is 10.7. The number of amides is 2. The summed E-state index contributed by atoms with van der Waals surface area (Å²) in [5, 5.41) is 4.83. The zero-order chi connectivity index (χ0) is 26.6. The molecule has 0 bridgehead atoms. The number of hydrogen-bond donors (Lipinski definition) is 2. The van der Waals surface area contributed by atoms with Gasteiger partial charge in [0.2, 0.25) is 11.9 Å². The summed E-state index contributed by atoms with van der Waals surface area (Å²) in [6.07, 6.45) is 12.4. The number of nitrogens with two attached hydrogens (primary N) is 1. The molecular weight excluding hydrogens is 502 g/mol. The monoisotopic (exact) mass is 537 g/mol. The van der Waals surface area contributed by atoms with Crippen LogP contribution in [0.25, 0.3) is 11.0 Å². The Labute approximate surface area is 228 Å². The van der Waals surface area contributed by atoms with Crippen LogP contribution in [0.1, 0.15) is 45.1 Å². The smallest absolute Gasteiger partial charge is 0.274 e. The predicted molar refractivity (Wildman–Crippen MR) is 151 cm³/mol. The predicted octanol–water partition coefficient (Wildman–Crippen LogP) is 3.54. The number of fused-ring (bicyclic) bond motifs is 1. The third-order valence-corrected chi connectivity index (χ3v) is 7.85. The molecule has 2 aromatic rings. The number of hydrogen-bond acceptors (Lipinski definition) is 6. The molecule has 0 spiro atoms. The number of benzene rings is 1. The minimum Gasteiger partial charge on any atom is -0.385 e. The molecule has 5 rings (SSSR count). The molecule has 0 radical (unpaired) electrons. The average Bonchev–Trinajstić information content (AvgIpc) is 3.50. The third kappa shape index (κ3) is 5.65. The molecule has 0 saturated carbocycles. The standard InChI is InChI=1S/C28H36ClN7O2/c1-20-18-21(12-13-31-20)27(38)36(30)28-32-24-10-6-9-23(29)26(24)35(28)22-8-2-3-17-34(19-22)25(37)11-7-16-33-14-4-5-15-33/h6-7,9-12,18,22,31H,2-5,8,13-17,19,30H2,1H3/b11-7+/t22-/m1/s1. The van der Waals surface area contributed by atoms with Crippen molar-refractivity contribution in [2.45, 2.75) is 45.1 Å². The van der Waals surface area contributed by atoms with Gasteiger partial charge in [-0.05, 0) is 70.3 Å². The van der Waals surface area contributed by atoms with Crippen molar-refractivity contribution in [3.63, 3.8) is 0 Å². The normalized spacial score (nSPS) is 20.8. The summed E-state index contributed by atoms with van der Waals surface area (Å²) in [5.74, 6) is 6.46. The lowest BCUT2D eigenvalue weighted by Gasteiger charge is -2.28. The van der Waals surface area contributed by atoms with Gasteiger partial charge in [0.1, 0.15) is 0 Å². The van der Waals surface area contributed by atoms with Gasteiger partial charge in [-0.25, -0.2) is 15.8 Å². The van der Waals surface area contributed by atoms with Crippen LogP contribution in [0.3, 0.4) is 0 Å². The quantitative estimate of drug-likeness (QED) is 0.253. The number of dihydropyridines is 1. The van der Waals surface area contributed by atoms with E-state index in [0.29, 0.717) is 41.7 Å².